The number of hydrazine groups is 1. The van der Waals surface area contributed by atoms with E-state index in [4.69, 9.17) is 4.74 Å². The molecule has 1 fully saturated rings. The number of hydrogen-bond acceptors (Lipinski definition) is 3. The minimum atomic E-state index is -0.240. The summed E-state index contributed by atoms with van der Waals surface area (Å²) in [6, 6.07) is 10.4. The number of hydrogen-bond donors (Lipinski definition) is 0. The van der Waals surface area contributed by atoms with Crippen LogP contribution in [0.15, 0.2) is 30.3 Å². The molecule has 1 aliphatic rings. The summed E-state index contributed by atoms with van der Waals surface area (Å²) in [5.74, 6) is 0.452. The molecule has 0 radical (unpaired) electrons. The topological polar surface area (TPSA) is 32.8 Å². The van der Waals surface area contributed by atoms with Crippen molar-refractivity contribution in [1.82, 2.24) is 10.0 Å². The zero-order valence-corrected chi connectivity index (χ0v) is 11.9. The Labute approximate surface area is 114 Å². The van der Waals surface area contributed by atoms with Crippen molar-refractivity contribution in [2.45, 2.75) is 33.4 Å². The quantitative estimate of drug-likeness (QED) is 0.839. The van der Waals surface area contributed by atoms with Gasteiger partial charge in [0.05, 0.1) is 12.6 Å². The van der Waals surface area contributed by atoms with Crippen LogP contribution in [0.4, 0.5) is 4.79 Å². The largest absolute Gasteiger partial charge is 0.449 e. The van der Waals surface area contributed by atoms with Crippen molar-refractivity contribution in [3.05, 3.63) is 35.9 Å². The van der Waals surface area contributed by atoms with Gasteiger partial charge >= 0.3 is 6.09 Å². The second-order valence-electron chi connectivity index (χ2n) is 5.09. The van der Waals surface area contributed by atoms with Gasteiger partial charge in [-0.25, -0.2) is 14.8 Å². The summed E-state index contributed by atoms with van der Waals surface area (Å²) in [4.78, 5) is 12.1. The number of rotatable bonds is 3. The molecular weight excluding hydrogens is 240 g/mol. The Hall–Kier alpha value is -1.55. The molecule has 0 aliphatic carbocycles. The average Bonchev–Trinajstić information content (AvgIpc) is 2.66. The Bertz CT molecular complexity index is 421. The van der Waals surface area contributed by atoms with E-state index in [0.717, 1.165) is 13.1 Å². The first kappa shape index (κ1) is 13.9. The highest BCUT2D eigenvalue weighted by molar-refractivity contribution is 5.67. The van der Waals surface area contributed by atoms with E-state index < -0.39 is 0 Å². The van der Waals surface area contributed by atoms with Gasteiger partial charge in [0.15, 0.2) is 0 Å². The highest BCUT2D eigenvalue weighted by atomic mass is 16.6. The standard InChI is InChI=1S/C15H22N2O2/c1-4-19-15(18)17-13(3)12(2)10-16(17)11-14-8-6-5-7-9-14/h5-9,12-13H,4,10-11H2,1-3H3. The van der Waals surface area contributed by atoms with Crippen molar-refractivity contribution in [2.24, 2.45) is 5.92 Å². The lowest BCUT2D eigenvalue weighted by atomic mass is 10.1. The van der Waals surface area contributed by atoms with Crippen LogP contribution in [-0.4, -0.2) is 35.3 Å². The van der Waals surface area contributed by atoms with Crippen molar-refractivity contribution in [1.29, 1.82) is 0 Å². The lowest BCUT2D eigenvalue weighted by Gasteiger charge is -2.30. The smallest absolute Gasteiger partial charge is 0.424 e. The van der Waals surface area contributed by atoms with Crippen molar-refractivity contribution in [3.63, 3.8) is 0 Å². The van der Waals surface area contributed by atoms with Crippen LogP contribution in [0.25, 0.3) is 0 Å². The first-order chi connectivity index (χ1) is 9.13. The Morgan fingerprint density at radius 1 is 1.32 bits per heavy atom. The molecule has 4 nitrogen and oxygen atoms in total. The molecule has 0 N–H and O–H groups in total. The molecule has 0 aromatic heterocycles. The lowest BCUT2D eigenvalue weighted by molar-refractivity contribution is -0.00747. The van der Waals surface area contributed by atoms with Gasteiger partial charge in [0, 0.05) is 13.1 Å². The van der Waals surface area contributed by atoms with Gasteiger partial charge in [0.25, 0.3) is 0 Å². The summed E-state index contributed by atoms with van der Waals surface area (Å²) >= 11 is 0. The molecule has 1 aliphatic heterocycles. The molecule has 1 aromatic carbocycles. The van der Waals surface area contributed by atoms with E-state index in [9.17, 15) is 4.79 Å². The number of carbonyl (C=O) groups excluding carboxylic acids is 1. The van der Waals surface area contributed by atoms with Gasteiger partial charge in [-0.15, -0.1) is 0 Å². The van der Waals surface area contributed by atoms with E-state index in [-0.39, 0.29) is 12.1 Å². The minimum absolute atomic E-state index is 0.183. The van der Waals surface area contributed by atoms with Crippen LogP contribution in [0, 0.1) is 5.92 Å². The van der Waals surface area contributed by atoms with E-state index in [1.165, 1.54) is 5.56 Å². The summed E-state index contributed by atoms with van der Waals surface area (Å²) < 4.78 is 5.16. The van der Waals surface area contributed by atoms with Crippen LogP contribution < -0.4 is 0 Å². The minimum Gasteiger partial charge on any atom is -0.449 e. The number of carbonyl (C=O) groups is 1. The number of nitrogens with zero attached hydrogens (tertiary/aromatic N) is 2. The molecule has 2 unspecified atom stereocenters. The molecule has 1 heterocycles. The first-order valence-electron chi connectivity index (χ1n) is 6.88. The highest BCUT2D eigenvalue weighted by Crippen LogP contribution is 2.26. The maximum atomic E-state index is 12.1. The van der Waals surface area contributed by atoms with Gasteiger partial charge < -0.3 is 4.74 Å². The maximum absolute atomic E-state index is 12.1. The summed E-state index contributed by atoms with van der Waals surface area (Å²) in [6.45, 7) is 8.12. The van der Waals surface area contributed by atoms with E-state index in [0.29, 0.717) is 12.5 Å². The van der Waals surface area contributed by atoms with Gasteiger partial charge in [-0.3, -0.25) is 0 Å². The zero-order valence-electron chi connectivity index (χ0n) is 11.9. The van der Waals surface area contributed by atoms with Crippen LogP contribution in [0.5, 0.6) is 0 Å². The van der Waals surface area contributed by atoms with E-state index in [2.05, 4.69) is 31.0 Å². The van der Waals surface area contributed by atoms with Crippen molar-refractivity contribution < 1.29 is 9.53 Å². The average molecular weight is 262 g/mol. The second kappa shape index (κ2) is 6.06. The third-order valence-corrected chi connectivity index (χ3v) is 3.68. The summed E-state index contributed by atoms with van der Waals surface area (Å²) in [5, 5.41) is 3.85. The number of amides is 1. The molecule has 0 bridgehead atoms. The number of benzene rings is 1. The maximum Gasteiger partial charge on any atom is 0.424 e. The highest BCUT2D eigenvalue weighted by Gasteiger charge is 2.38. The van der Waals surface area contributed by atoms with Crippen LogP contribution >= 0.6 is 0 Å². The summed E-state index contributed by atoms with van der Waals surface area (Å²) in [6.07, 6.45) is -0.240. The molecule has 0 spiro atoms. The van der Waals surface area contributed by atoms with Gasteiger partial charge in [-0.05, 0) is 25.3 Å². The van der Waals surface area contributed by atoms with Crippen LogP contribution in [-0.2, 0) is 11.3 Å². The summed E-state index contributed by atoms with van der Waals surface area (Å²) in [5.41, 5.74) is 1.21. The zero-order chi connectivity index (χ0) is 13.8. The van der Waals surface area contributed by atoms with Crippen LogP contribution in [0.3, 0.4) is 0 Å². The van der Waals surface area contributed by atoms with E-state index in [1.807, 2.05) is 25.1 Å². The van der Waals surface area contributed by atoms with E-state index in [1.54, 1.807) is 5.01 Å². The Kier molecular flexibility index (Phi) is 4.43. The van der Waals surface area contributed by atoms with Gasteiger partial charge in [-0.1, -0.05) is 37.3 Å². The van der Waals surface area contributed by atoms with Gasteiger partial charge in [0.1, 0.15) is 0 Å². The molecule has 1 saturated heterocycles. The molecule has 4 heteroatoms. The predicted molar refractivity (Wildman–Crippen MR) is 74.3 cm³/mol. The third-order valence-electron chi connectivity index (χ3n) is 3.68. The molecular formula is C15H22N2O2. The van der Waals surface area contributed by atoms with Crippen molar-refractivity contribution >= 4 is 6.09 Å². The fourth-order valence-corrected chi connectivity index (χ4v) is 2.48. The summed E-state index contributed by atoms with van der Waals surface area (Å²) in [7, 11) is 0. The Morgan fingerprint density at radius 3 is 2.63 bits per heavy atom. The third kappa shape index (κ3) is 3.07. The van der Waals surface area contributed by atoms with Crippen molar-refractivity contribution in [2.75, 3.05) is 13.2 Å². The Balaban J connectivity index is 2.11. The molecule has 1 amide bonds. The van der Waals surface area contributed by atoms with E-state index >= 15 is 0 Å². The van der Waals surface area contributed by atoms with Gasteiger partial charge in [0.2, 0.25) is 0 Å². The monoisotopic (exact) mass is 262 g/mol. The fourth-order valence-electron chi connectivity index (χ4n) is 2.48. The van der Waals surface area contributed by atoms with Crippen LogP contribution in [0.2, 0.25) is 0 Å². The normalized spacial score (nSPS) is 23.6. The number of ether oxygens (including phenoxy) is 1. The van der Waals surface area contributed by atoms with Crippen LogP contribution in [0.1, 0.15) is 26.3 Å². The molecule has 1 aromatic rings. The fraction of sp³-hybridized carbons (Fsp3) is 0.533. The second-order valence-corrected chi connectivity index (χ2v) is 5.09. The molecule has 2 atom stereocenters. The van der Waals surface area contributed by atoms with Crippen molar-refractivity contribution in [3.8, 4) is 0 Å². The lowest BCUT2D eigenvalue weighted by Crippen LogP contribution is -2.44. The van der Waals surface area contributed by atoms with Gasteiger partial charge in [-0.2, -0.15) is 0 Å². The SMILES string of the molecule is CCOC(=O)N1C(C)C(C)CN1Cc1ccccc1. The first-order valence-corrected chi connectivity index (χ1v) is 6.88. The Morgan fingerprint density at radius 2 is 2.00 bits per heavy atom. The molecule has 2 rings (SSSR count). The molecule has 0 saturated carbocycles. The molecule has 19 heavy (non-hydrogen) atoms. The predicted octanol–water partition coefficient (Wildman–Crippen LogP) is 2.90. The molecule has 104 valence electrons.